The molecule has 118 valence electrons. The molecule has 8 heteroatoms. The van der Waals surface area contributed by atoms with Crippen LogP contribution in [0.25, 0.3) is 0 Å². The summed E-state index contributed by atoms with van der Waals surface area (Å²) in [7, 11) is 0. The largest absolute Gasteiger partial charge is 0.595 e. The van der Waals surface area contributed by atoms with E-state index in [-0.39, 0.29) is 35.7 Å². The first-order valence-electron chi connectivity index (χ1n) is 7.13. The van der Waals surface area contributed by atoms with Gasteiger partial charge in [-0.25, -0.2) is 5.21 Å². The van der Waals surface area contributed by atoms with Gasteiger partial charge in [0.25, 0.3) is 0 Å². The minimum atomic E-state index is -1.24. The van der Waals surface area contributed by atoms with Gasteiger partial charge in [-0.05, 0) is 24.5 Å². The van der Waals surface area contributed by atoms with Crippen LogP contribution in [0.1, 0.15) is 18.4 Å². The highest BCUT2D eigenvalue weighted by Gasteiger charge is 2.42. The number of carbonyl (C=O) groups is 2. The number of nitrogens with one attached hydrogen (secondary N) is 2. The average molecular weight is 307 g/mol. The Labute approximate surface area is 126 Å². The van der Waals surface area contributed by atoms with Crippen LogP contribution in [-0.2, 0) is 16.0 Å². The number of hydrogen-bond acceptors (Lipinski definition) is 5. The second-order valence-electron chi connectivity index (χ2n) is 5.61. The van der Waals surface area contributed by atoms with Crippen LogP contribution in [0, 0.1) is 5.21 Å². The van der Waals surface area contributed by atoms with Crippen molar-refractivity contribution in [2.24, 2.45) is 0 Å². The van der Waals surface area contributed by atoms with E-state index in [1.54, 1.807) is 11.0 Å². The van der Waals surface area contributed by atoms with E-state index in [1.165, 1.54) is 12.1 Å². The molecule has 8 nitrogen and oxygen atoms in total. The van der Waals surface area contributed by atoms with E-state index in [9.17, 15) is 19.9 Å². The number of fused-ring (bicyclic) bond motifs is 1. The van der Waals surface area contributed by atoms with Crippen LogP contribution in [0.3, 0.4) is 0 Å². The Balaban J connectivity index is 1.79. The molecule has 4 N–H and O–H groups in total. The lowest BCUT2D eigenvalue weighted by Crippen LogP contribution is -2.99. The van der Waals surface area contributed by atoms with Gasteiger partial charge in [0.05, 0.1) is 0 Å². The molecular formula is C14H17N3O5. The first-order valence-corrected chi connectivity index (χ1v) is 7.13. The molecule has 2 amide bonds. The number of quaternary nitrogens is 1. The Hall–Kier alpha value is -2.16. The summed E-state index contributed by atoms with van der Waals surface area (Å²) < 4.78 is 0. The molecule has 2 aliphatic rings. The van der Waals surface area contributed by atoms with Gasteiger partial charge in [-0.3, -0.25) is 9.59 Å². The van der Waals surface area contributed by atoms with Crippen molar-refractivity contribution in [3.63, 3.8) is 0 Å². The van der Waals surface area contributed by atoms with Crippen LogP contribution in [0.15, 0.2) is 18.2 Å². The Morgan fingerprint density at radius 1 is 1.41 bits per heavy atom. The van der Waals surface area contributed by atoms with E-state index in [0.717, 1.165) is 6.42 Å². The number of phenols is 1. The smallest absolute Gasteiger partial charge is 0.246 e. The molecule has 1 aromatic rings. The van der Waals surface area contributed by atoms with Gasteiger partial charge in [0.2, 0.25) is 17.5 Å². The minimum Gasteiger partial charge on any atom is -0.595 e. The van der Waals surface area contributed by atoms with E-state index >= 15 is 0 Å². The minimum absolute atomic E-state index is 0.132. The van der Waals surface area contributed by atoms with E-state index in [4.69, 9.17) is 5.21 Å². The Morgan fingerprint density at radius 2 is 2.18 bits per heavy atom. The van der Waals surface area contributed by atoms with Crippen LogP contribution < -0.4 is 10.5 Å². The highest BCUT2D eigenvalue weighted by atomic mass is 16.8. The molecule has 0 bridgehead atoms. The van der Waals surface area contributed by atoms with Gasteiger partial charge in [-0.15, -0.1) is 0 Å². The number of piperazine rings is 1. The lowest BCUT2D eigenvalue weighted by Gasteiger charge is -2.34. The van der Waals surface area contributed by atoms with Crippen molar-refractivity contribution in [2.45, 2.75) is 31.3 Å². The number of hydrogen-bond donors (Lipinski definition) is 4. The third-order valence-corrected chi connectivity index (χ3v) is 4.18. The van der Waals surface area contributed by atoms with Gasteiger partial charge >= 0.3 is 0 Å². The van der Waals surface area contributed by atoms with Crippen molar-refractivity contribution in [3.8, 4) is 5.75 Å². The van der Waals surface area contributed by atoms with Crippen molar-refractivity contribution in [2.75, 3.05) is 6.54 Å². The SMILES string of the molecule is O=C1N[C@@H](Cc2ccc(O)c([NH+]([O-])O)c2)C(=O)N2CCC[C@@H]12. The molecule has 1 aromatic carbocycles. The maximum absolute atomic E-state index is 12.4. The average Bonchev–Trinajstić information content (AvgIpc) is 2.96. The summed E-state index contributed by atoms with van der Waals surface area (Å²) in [6.07, 6.45) is 1.71. The molecular weight excluding hydrogens is 290 g/mol. The molecule has 2 aliphatic heterocycles. The zero-order valence-electron chi connectivity index (χ0n) is 11.8. The summed E-state index contributed by atoms with van der Waals surface area (Å²) in [5.74, 6) is -0.610. The molecule has 2 saturated heterocycles. The number of benzene rings is 1. The van der Waals surface area contributed by atoms with Crippen molar-refractivity contribution in [3.05, 3.63) is 29.0 Å². The number of aromatic hydroxyl groups is 1. The topological polar surface area (TPSA) is 117 Å². The van der Waals surface area contributed by atoms with Crippen LogP contribution in [0.2, 0.25) is 0 Å². The standard InChI is InChI=1S/C14H17N3O5/c18-12-4-3-8(7-11(12)17(21)22)6-9-14(20)16-5-1-2-10(16)13(19)15-9/h3-4,7,9-10,17-18,21H,1-2,5-6H2,(H,15,19)/t9-,10-/m0/s1. The van der Waals surface area contributed by atoms with Crippen molar-refractivity contribution >= 4 is 17.5 Å². The maximum Gasteiger partial charge on any atom is 0.246 e. The fourth-order valence-corrected chi connectivity index (χ4v) is 3.09. The Bertz CT molecular complexity index is 618. The van der Waals surface area contributed by atoms with Crippen LogP contribution in [0.5, 0.6) is 5.75 Å². The third kappa shape index (κ3) is 2.52. The highest BCUT2D eigenvalue weighted by molar-refractivity contribution is 5.97. The normalized spacial score (nSPS) is 25.8. The molecule has 3 rings (SSSR count). The zero-order chi connectivity index (χ0) is 15.9. The quantitative estimate of drug-likeness (QED) is 0.414. The number of carbonyl (C=O) groups excluding carboxylic acids is 2. The fourth-order valence-electron chi connectivity index (χ4n) is 3.09. The van der Waals surface area contributed by atoms with Crippen LogP contribution in [0.4, 0.5) is 5.69 Å². The Kier molecular flexibility index (Phi) is 3.73. The Morgan fingerprint density at radius 3 is 2.91 bits per heavy atom. The zero-order valence-corrected chi connectivity index (χ0v) is 11.8. The van der Waals surface area contributed by atoms with Gasteiger partial charge in [-0.1, -0.05) is 6.07 Å². The summed E-state index contributed by atoms with van der Waals surface area (Å²) in [5.41, 5.74) is 0.359. The van der Waals surface area contributed by atoms with Crippen LogP contribution in [-0.4, -0.2) is 45.7 Å². The number of nitrogens with zero attached hydrogens (tertiary/aromatic N) is 1. The second-order valence-corrected chi connectivity index (χ2v) is 5.61. The summed E-state index contributed by atoms with van der Waals surface area (Å²) in [6, 6.07) is 3.11. The molecule has 0 saturated carbocycles. The number of rotatable bonds is 3. The number of phenolic OH excluding ortho intramolecular Hbond substituents is 1. The molecule has 0 spiro atoms. The van der Waals surface area contributed by atoms with Crippen molar-refractivity contribution in [1.29, 1.82) is 0 Å². The van der Waals surface area contributed by atoms with Gasteiger partial charge in [0.15, 0.2) is 5.75 Å². The van der Waals surface area contributed by atoms with Crippen LogP contribution >= 0.6 is 0 Å². The van der Waals surface area contributed by atoms with Crippen molar-refractivity contribution < 1.29 is 25.1 Å². The molecule has 22 heavy (non-hydrogen) atoms. The third-order valence-electron chi connectivity index (χ3n) is 4.18. The van der Waals surface area contributed by atoms with Gasteiger partial charge in [0, 0.05) is 19.0 Å². The second kappa shape index (κ2) is 5.56. The van der Waals surface area contributed by atoms with E-state index in [1.807, 2.05) is 0 Å². The van der Waals surface area contributed by atoms with Gasteiger partial charge in [-0.2, -0.15) is 5.23 Å². The van der Waals surface area contributed by atoms with Gasteiger partial charge < -0.3 is 20.5 Å². The summed E-state index contributed by atoms with van der Waals surface area (Å²) in [4.78, 5) is 26.0. The lowest BCUT2D eigenvalue weighted by molar-refractivity contribution is -0.991. The first kappa shape index (κ1) is 14.8. The molecule has 3 atom stereocenters. The predicted molar refractivity (Wildman–Crippen MR) is 74.3 cm³/mol. The predicted octanol–water partition coefficient (Wildman–Crippen LogP) is -1.17. The monoisotopic (exact) mass is 307 g/mol. The van der Waals surface area contributed by atoms with Gasteiger partial charge in [0.1, 0.15) is 12.1 Å². The van der Waals surface area contributed by atoms with E-state index < -0.39 is 11.3 Å². The molecule has 2 heterocycles. The fraction of sp³-hybridized carbons (Fsp3) is 0.429. The maximum atomic E-state index is 12.4. The van der Waals surface area contributed by atoms with E-state index in [2.05, 4.69) is 5.32 Å². The molecule has 1 unspecified atom stereocenters. The molecule has 0 aliphatic carbocycles. The number of amides is 2. The van der Waals surface area contributed by atoms with E-state index in [0.29, 0.717) is 18.5 Å². The highest BCUT2D eigenvalue weighted by Crippen LogP contribution is 2.25. The molecule has 2 fully saturated rings. The summed E-state index contributed by atoms with van der Waals surface area (Å²) in [5, 5.41) is 31.0. The molecule has 0 aromatic heterocycles. The first-order chi connectivity index (χ1) is 10.5. The van der Waals surface area contributed by atoms with Crippen molar-refractivity contribution in [1.82, 2.24) is 10.2 Å². The summed E-state index contributed by atoms with van der Waals surface area (Å²) >= 11 is 0. The summed E-state index contributed by atoms with van der Waals surface area (Å²) in [6.45, 7) is 0.587. The lowest BCUT2D eigenvalue weighted by atomic mass is 10.0. The molecule has 0 radical (unpaired) electrons.